The molecule has 0 amide bonds. The van der Waals surface area contributed by atoms with Crippen molar-refractivity contribution in [2.75, 3.05) is 26.7 Å². The number of likely N-dealkylation sites (tertiary alicyclic amines) is 1. The lowest BCUT2D eigenvalue weighted by atomic mass is 9.87. The molecule has 5 nitrogen and oxygen atoms in total. The minimum Gasteiger partial charge on any atom is -0.504 e. The van der Waals surface area contributed by atoms with E-state index in [1.807, 2.05) is 12.1 Å². The second-order valence-electron chi connectivity index (χ2n) is 9.77. The molecule has 0 saturated carbocycles. The van der Waals surface area contributed by atoms with E-state index in [4.69, 9.17) is 4.74 Å². The van der Waals surface area contributed by atoms with Crippen LogP contribution in [0.25, 0.3) is 0 Å². The third-order valence-electron chi connectivity index (χ3n) is 7.19. The summed E-state index contributed by atoms with van der Waals surface area (Å²) < 4.78 is 47.9. The van der Waals surface area contributed by atoms with Gasteiger partial charge < -0.3 is 14.6 Å². The molecule has 0 aromatic heterocycles. The molecule has 3 aromatic carbocycles. The quantitative estimate of drug-likeness (QED) is 0.418. The Kier molecular flexibility index (Phi) is 7.31. The number of aromatic hydroxyl groups is 1. The van der Waals surface area contributed by atoms with Crippen LogP contribution in [0.5, 0.6) is 17.2 Å². The third kappa shape index (κ3) is 6.02. The van der Waals surface area contributed by atoms with Crippen LogP contribution in [0.1, 0.15) is 46.7 Å². The molecule has 37 heavy (non-hydrogen) atoms. The van der Waals surface area contributed by atoms with Gasteiger partial charge in [-0.25, -0.2) is 0 Å². The maximum Gasteiger partial charge on any atom is 0.573 e. The molecule has 1 N–H and O–H groups in total. The van der Waals surface area contributed by atoms with Crippen LogP contribution in [0, 0.1) is 0 Å². The van der Waals surface area contributed by atoms with Gasteiger partial charge in [0.25, 0.3) is 0 Å². The van der Waals surface area contributed by atoms with Crippen molar-refractivity contribution in [2.24, 2.45) is 0 Å². The summed E-state index contributed by atoms with van der Waals surface area (Å²) in [5, 5.41) is 10.4. The molecule has 2 heterocycles. The maximum absolute atomic E-state index is 12.8. The molecule has 2 aliphatic heterocycles. The molecule has 3 aromatic rings. The van der Waals surface area contributed by atoms with Gasteiger partial charge in [0, 0.05) is 19.6 Å². The van der Waals surface area contributed by atoms with Gasteiger partial charge in [-0.15, -0.1) is 13.2 Å². The normalized spacial score (nSPS) is 18.5. The first kappa shape index (κ1) is 25.4. The lowest BCUT2D eigenvalue weighted by molar-refractivity contribution is -0.274. The van der Waals surface area contributed by atoms with E-state index >= 15 is 0 Å². The molecule has 1 saturated heterocycles. The van der Waals surface area contributed by atoms with Crippen LogP contribution in [0.4, 0.5) is 13.2 Å². The van der Waals surface area contributed by atoms with Crippen molar-refractivity contribution in [3.63, 3.8) is 0 Å². The first-order chi connectivity index (χ1) is 17.8. The number of methoxy groups -OCH3 is 1. The van der Waals surface area contributed by atoms with E-state index in [0.717, 1.165) is 41.9 Å². The summed E-state index contributed by atoms with van der Waals surface area (Å²) in [6.45, 7) is 4.32. The number of fused-ring (bicyclic) bond motifs is 1. The molecule has 1 unspecified atom stereocenters. The monoisotopic (exact) mass is 512 g/mol. The first-order valence-corrected chi connectivity index (χ1v) is 12.6. The Labute approximate surface area is 215 Å². The van der Waals surface area contributed by atoms with Crippen molar-refractivity contribution >= 4 is 0 Å². The van der Waals surface area contributed by atoms with Crippen molar-refractivity contribution in [1.82, 2.24) is 9.80 Å². The molecule has 2 aliphatic rings. The number of phenolic OH excluding ortho intramolecular Hbond substituents is 1. The van der Waals surface area contributed by atoms with Gasteiger partial charge in [-0.3, -0.25) is 9.80 Å². The van der Waals surface area contributed by atoms with Gasteiger partial charge in [-0.2, -0.15) is 0 Å². The average molecular weight is 513 g/mol. The molecule has 1 fully saturated rings. The molecule has 0 bridgehead atoms. The summed E-state index contributed by atoms with van der Waals surface area (Å²) in [4.78, 5) is 4.71. The van der Waals surface area contributed by atoms with Crippen LogP contribution in [-0.2, 0) is 19.5 Å². The summed E-state index contributed by atoms with van der Waals surface area (Å²) in [5.41, 5.74) is 5.13. The molecule has 0 radical (unpaired) electrons. The third-order valence-corrected chi connectivity index (χ3v) is 7.19. The highest BCUT2D eigenvalue weighted by Gasteiger charge is 2.32. The van der Waals surface area contributed by atoms with Crippen molar-refractivity contribution in [3.8, 4) is 17.2 Å². The van der Waals surface area contributed by atoms with E-state index in [0.29, 0.717) is 25.3 Å². The van der Waals surface area contributed by atoms with Crippen molar-refractivity contribution in [1.29, 1.82) is 0 Å². The van der Waals surface area contributed by atoms with Crippen LogP contribution in [0.2, 0.25) is 0 Å². The van der Waals surface area contributed by atoms with E-state index in [9.17, 15) is 18.3 Å². The van der Waals surface area contributed by atoms with Crippen LogP contribution in [0.3, 0.4) is 0 Å². The van der Waals surface area contributed by atoms with Crippen LogP contribution < -0.4 is 9.47 Å². The van der Waals surface area contributed by atoms with Gasteiger partial charge in [0.2, 0.25) is 0 Å². The molecule has 1 atom stereocenters. The Morgan fingerprint density at radius 1 is 0.919 bits per heavy atom. The number of alkyl halides is 3. The molecule has 0 aliphatic carbocycles. The topological polar surface area (TPSA) is 45.2 Å². The Balaban J connectivity index is 1.46. The fraction of sp³-hybridized carbons (Fsp3) is 0.379. The number of benzene rings is 3. The number of phenols is 1. The van der Waals surface area contributed by atoms with E-state index in [2.05, 4.69) is 38.8 Å². The fourth-order valence-corrected chi connectivity index (χ4v) is 5.49. The van der Waals surface area contributed by atoms with Gasteiger partial charge in [-0.1, -0.05) is 36.4 Å². The zero-order chi connectivity index (χ0) is 26.0. The maximum atomic E-state index is 12.8. The smallest absolute Gasteiger partial charge is 0.504 e. The van der Waals surface area contributed by atoms with Crippen LogP contribution in [0.15, 0.2) is 60.7 Å². The minimum atomic E-state index is -4.74. The fourth-order valence-electron chi connectivity index (χ4n) is 5.49. The highest BCUT2D eigenvalue weighted by atomic mass is 19.4. The lowest BCUT2D eigenvalue weighted by Crippen LogP contribution is -2.35. The number of halogens is 3. The highest BCUT2D eigenvalue weighted by Crippen LogP contribution is 2.41. The molecule has 196 valence electrons. The summed E-state index contributed by atoms with van der Waals surface area (Å²) in [6.07, 6.45) is -1.54. The summed E-state index contributed by atoms with van der Waals surface area (Å²) in [6, 6.07) is 18.2. The zero-order valence-electron chi connectivity index (χ0n) is 20.8. The Morgan fingerprint density at radius 3 is 2.38 bits per heavy atom. The van der Waals surface area contributed by atoms with Gasteiger partial charge in [0.05, 0.1) is 13.2 Å². The summed E-state index contributed by atoms with van der Waals surface area (Å²) in [7, 11) is 1.52. The molecular weight excluding hydrogens is 481 g/mol. The van der Waals surface area contributed by atoms with Crippen LogP contribution >= 0.6 is 0 Å². The van der Waals surface area contributed by atoms with Gasteiger partial charge in [0.15, 0.2) is 11.5 Å². The first-order valence-electron chi connectivity index (χ1n) is 12.6. The van der Waals surface area contributed by atoms with E-state index in [1.54, 1.807) is 12.1 Å². The minimum absolute atomic E-state index is 0.103. The van der Waals surface area contributed by atoms with Gasteiger partial charge >= 0.3 is 6.36 Å². The van der Waals surface area contributed by atoms with Gasteiger partial charge in [-0.05, 0) is 84.4 Å². The molecule has 5 rings (SSSR count). The Bertz CT molecular complexity index is 1220. The lowest BCUT2D eigenvalue weighted by Gasteiger charge is -2.38. The Morgan fingerprint density at radius 2 is 1.68 bits per heavy atom. The van der Waals surface area contributed by atoms with Crippen LogP contribution in [-0.4, -0.2) is 48.0 Å². The standard InChI is InChI=1S/C29H31F3N2O3/c1-36-27-17-25-23(16-26(27)35)11-14-34(19-21-5-4-6-24(15-21)37-29(30,31)32)28(25)22-9-7-20(8-10-22)18-33-12-2-3-13-33/h4-10,15-17,28,35H,2-3,11-14,18-19H2,1H3. The molecular formula is C29H31F3N2O3. The van der Waals surface area contributed by atoms with E-state index < -0.39 is 6.36 Å². The zero-order valence-corrected chi connectivity index (χ0v) is 20.8. The second-order valence-corrected chi connectivity index (χ2v) is 9.77. The molecule has 0 spiro atoms. The highest BCUT2D eigenvalue weighted by molar-refractivity contribution is 5.51. The van der Waals surface area contributed by atoms with Crippen molar-refractivity contribution in [3.05, 3.63) is 88.5 Å². The second kappa shape index (κ2) is 10.6. The number of nitrogens with zero attached hydrogens (tertiary/aromatic N) is 2. The SMILES string of the molecule is COc1cc2c(cc1O)CCN(Cc1cccc(OC(F)(F)F)c1)C2c1ccc(CN2CCCC2)cc1. The summed E-state index contributed by atoms with van der Waals surface area (Å²) in [5.74, 6) is 0.278. The predicted octanol–water partition coefficient (Wildman–Crippen LogP) is 6.04. The predicted molar refractivity (Wildman–Crippen MR) is 135 cm³/mol. The average Bonchev–Trinajstić information content (AvgIpc) is 3.36. The van der Waals surface area contributed by atoms with Crippen molar-refractivity contribution in [2.45, 2.75) is 44.8 Å². The molecule has 8 heteroatoms. The van der Waals surface area contributed by atoms with Crippen molar-refractivity contribution < 1.29 is 27.8 Å². The van der Waals surface area contributed by atoms with E-state index in [-0.39, 0.29) is 17.5 Å². The number of ether oxygens (including phenoxy) is 2. The summed E-state index contributed by atoms with van der Waals surface area (Å²) >= 11 is 0. The largest absolute Gasteiger partial charge is 0.573 e. The number of hydrogen-bond donors (Lipinski definition) is 1. The Hall–Kier alpha value is -3.23. The number of rotatable bonds is 7. The van der Waals surface area contributed by atoms with Gasteiger partial charge in [0.1, 0.15) is 5.75 Å². The number of hydrogen-bond acceptors (Lipinski definition) is 5. The van der Waals surface area contributed by atoms with E-state index in [1.165, 1.54) is 37.6 Å².